The Labute approximate surface area is 87.0 Å². The molecule has 2 aliphatic carbocycles. The SMILES string of the molecule is CC12C(=O)OC(=O)C1(C)C1CCC2C1=O. The summed E-state index contributed by atoms with van der Waals surface area (Å²) in [5, 5.41) is 0. The van der Waals surface area contributed by atoms with Gasteiger partial charge in [0.2, 0.25) is 0 Å². The molecule has 0 aromatic heterocycles. The van der Waals surface area contributed by atoms with Gasteiger partial charge >= 0.3 is 11.9 Å². The Morgan fingerprint density at radius 3 is 1.80 bits per heavy atom. The zero-order valence-corrected chi connectivity index (χ0v) is 8.70. The van der Waals surface area contributed by atoms with Gasteiger partial charge < -0.3 is 4.74 Å². The second-order valence-electron chi connectivity index (χ2n) is 5.17. The van der Waals surface area contributed by atoms with E-state index < -0.39 is 22.8 Å². The van der Waals surface area contributed by atoms with Crippen LogP contribution < -0.4 is 0 Å². The van der Waals surface area contributed by atoms with Gasteiger partial charge in [0.25, 0.3) is 0 Å². The van der Waals surface area contributed by atoms with Crippen LogP contribution in [-0.2, 0) is 19.1 Å². The van der Waals surface area contributed by atoms with E-state index >= 15 is 0 Å². The summed E-state index contributed by atoms with van der Waals surface area (Å²) in [5.41, 5.74) is -1.80. The minimum absolute atomic E-state index is 0.0880. The lowest BCUT2D eigenvalue weighted by atomic mass is 9.59. The molecule has 0 amide bonds. The van der Waals surface area contributed by atoms with E-state index in [1.54, 1.807) is 13.8 Å². The third-order valence-corrected chi connectivity index (χ3v) is 4.94. The highest BCUT2D eigenvalue weighted by atomic mass is 16.6. The molecule has 3 rings (SSSR count). The Morgan fingerprint density at radius 1 is 1.00 bits per heavy atom. The first-order valence-corrected chi connectivity index (χ1v) is 5.24. The van der Waals surface area contributed by atoms with Gasteiger partial charge in [-0.25, -0.2) is 0 Å². The Hall–Kier alpha value is -1.19. The second kappa shape index (κ2) is 2.15. The van der Waals surface area contributed by atoms with Gasteiger partial charge in [-0.1, -0.05) is 0 Å². The molecule has 0 aromatic rings. The number of ether oxygens (including phenoxy) is 1. The van der Waals surface area contributed by atoms with Crippen LogP contribution in [0.5, 0.6) is 0 Å². The van der Waals surface area contributed by atoms with Crippen LogP contribution in [0.3, 0.4) is 0 Å². The largest absolute Gasteiger partial charge is 0.392 e. The molecule has 2 bridgehead atoms. The lowest BCUT2D eigenvalue weighted by molar-refractivity contribution is -0.158. The number of esters is 2. The van der Waals surface area contributed by atoms with Crippen molar-refractivity contribution in [3.8, 4) is 0 Å². The third-order valence-electron chi connectivity index (χ3n) is 4.94. The molecule has 2 saturated carbocycles. The highest BCUT2D eigenvalue weighted by Gasteiger charge is 2.78. The van der Waals surface area contributed by atoms with Crippen molar-refractivity contribution in [1.29, 1.82) is 0 Å². The smallest absolute Gasteiger partial charge is 0.321 e. The lowest BCUT2D eigenvalue weighted by Crippen LogP contribution is -2.45. The molecule has 1 aliphatic heterocycles. The van der Waals surface area contributed by atoms with Gasteiger partial charge in [-0.2, -0.15) is 0 Å². The molecule has 4 nitrogen and oxygen atoms in total. The topological polar surface area (TPSA) is 60.4 Å². The van der Waals surface area contributed by atoms with E-state index in [9.17, 15) is 14.4 Å². The number of ketones is 1. The van der Waals surface area contributed by atoms with E-state index in [1.807, 2.05) is 0 Å². The summed E-state index contributed by atoms with van der Waals surface area (Å²) in [5.74, 6) is -1.52. The minimum Gasteiger partial charge on any atom is -0.392 e. The van der Waals surface area contributed by atoms with Crippen LogP contribution in [0.25, 0.3) is 0 Å². The van der Waals surface area contributed by atoms with E-state index in [2.05, 4.69) is 0 Å². The van der Waals surface area contributed by atoms with Crippen molar-refractivity contribution in [3.05, 3.63) is 0 Å². The maximum Gasteiger partial charge on any atom is 0.321 e. The van der Waals surface area contributed by atoms with Gasteiger partial charge in [0.1, 0.15) is 5.78 Å². The lowest BCUT2D eigenvalue weighted by Gasteiger charge is -2.36. The number of cyclic esters (lactones) is 2. The number of rotatable bonds is 0. The number of carbonyl (C=O) groups is 3. The predicted molar refractivity (Wildman–Crippen MR) is 48.5 cm³/mol. The Bertz CT molecular complexity index is 377. The van der Waals surface area contributed by atoms with Crippen LogP contribution in [0.1, 0.15) is 26.7 Å². The van der Waals surface area contributed by atoms with Crippen LogP contribution in [0.4, 0.5) is 0 Å². The summed E-state index contributed by atoms with van der Waals surface area (Å²) in [6, 6.07) is 0. The molecule has 1 heterocycles. The molecule has 3 aliphatic rings. The number of hydrogen-bond acceptors (Lipinski definition) is 4. The van der Waals surface area contributed by atoms with Crippen LogP contribution in [0, 0.1) is 22.7 Å². The standard InChI is InChI=1S/C11H12O4/c1-10-5-3-4-6(7(5)12)11(10,2)9(14)15-8(10)13/h5-6H,3-4H2,1-2H3. The first-order valence-electron chi connectivity index (χ1n) is 5.24. The monoisotopic (exact) mass is 208 g/mol. The van der Waals surface area contributed by atoms with Crippen LogP contribution in [0.15, 0.2) is 0 Å². The average Bonchev–Trinajstić information content (AvgIpc) is 2.68. The van der Waals surface area contributed by atoms with E-state index in [1.165, 1.54) is 0 Å². The molecule has 0 aromatic carbocycles. The number of fused-ring (bicyclic) bond motifs is 5. The highest BCUT2D eigenvalue weighted by Crippen LogP contribution is 2.67. The summed E-state index contributed by atoms with van der Waals surface area (Å²) in [4.78, 5) is 35.4. The van der Waals surface area contributed by atoms with E-state index in [0.717, 1.165) is 12.8 Å². The second-order valence-corrected chi connectivity index (χ2v) is 5.17. The zero-order valence-electron chi connectivity index (χ0n) is 8.70. The first-order chi connectivity index (χ1) is 6.94. The van der Waals surface area contributed by atoms with Crippen molar-refractivity contribution in [2.45, 2.75) is 26.7 Å². The van der Waals surface area contributed by atoms with Gasteiger partial charge in [-0.05, 0) is 26.7 Å². The maximum atomic E-state index is 11.9. The molecule has 4 atom stereocenters. The van der Waals surface area contributed by atoms with Crippen molar-refractivity contribution >= 4 is 17.7 Å². The number of carbonyl (C=O) groups excluding carboxylic acids is 3. The van der Waals surface area contributed by atoms with Gasteiger partial charge in [0.05, 0.1) is 10.8 Å². The fourth-order valence-corrected chi connectivity index (χ4v) is 3.74. The zero-order chi connectivity index (χ0) is 11.0. The van der Waals surface area contributed by atoms with Crippen molar-refractivity contribution in [1.82, 2.24) is 0 Å². The van der Waals surface area contributed by atoms with Gasteiger partial charge in [-0.15, -0.1) is 0 Å². The average molecular weight is 208 g/mol. The molecular weight excluding hydrogens is 196 g/mol. The van der Waals surface area contributed by atoms with Crippen LogP contribution in [0.2, 0.25) is 0 Å². The Morgan fingerprint density at radius 2 is 1.40 bits per heavy atom. The predicted octanol–water partition coefficient (Wildman–Crippen LogP) is 0.691. The molecule has 1 saturated heterocycles. The number of Topliss-reactive ketones (excluding diaryl/α,β-unsaturated/α-hetero) is 1. The fraction of sp³-hybridized carbons (Fsp3) is 0.727. The van der Waals surface area contributed by atoms with Gasteiger partial charge in [0.15, 0.2) is 0 Å². The molecule has 0 radical (unpaired) electrons. The van der Waals surface area contributed by atoms with E-state index in [0.29, 0.717) is 0 Å². The van der Waals surface area contributed by atoms with Crippen molar-refractivity contribution in [3.63, 3.8) is 0 Å². The van der Waals surface area contributed by atoms with Crippen LogP contribution >= 0.6 is 0 Å². The molecular formula is C11H12O4. The first kappa shape index (κ1) is 9.07. The summed E-state index contributed by atoms with van der Waals surface area (Å²) in [7, 11) is 0. The van der Waals surface area contributed by atoms with E-state index in [-0.39, 0.29) is 17.6 Å². The summed E-state index contributed by atoms with van der Waals surface area (Å²) < 4.78 is 4.73. The summed E-state index contributed by atoms with van der Waals surface area (Å²) in [6.07, 6.45) is 1.44. The normalized spacial score (nSPS) is 52.3. The van der Waals surface area contributed by atoms with Crippen molar-refractivity contribution in [2.24, 2.45) is 22.7 Å². The quantitative estimate of drug-likeness (QED) is 0.434. The van der Waals surface area contributed by atoms with Gasteiger partial charge in [-0.3, -0.25) is 14.4 Å². The van der Waals surface area contributed by atoms with Crippen molar-refractivity contribution < 1.29 is 19.1 Å². The minimum atomic E-state index is -0.899. The third kappa shape index (κ3) is 0.628. The van der Waals surface area contributed by atoms with Crippen LogP contribution in [-0.4, -0.2) is 17.7 Å². The van der Waals surface area contributed by atoms with E-state index in [4.69, 9.17) is 4.74 Å². The molecule has 0 spiro atoms. The molecule has 15 heavy (non-hydrogen) atoms. The molecule has 0 N–H and O–H groups in total. The Kier molecular flexibility index (Phi) is 1.30. The fourth-order valence-electron chi connectivity index (χ4n) is 3.74. The Balaban J connectivity index is 2.27. The highest BCUT2D eigenvalue weighted by molar-refractivity contribution is 6.11. The molecule has 4 heteroatoms. The molecule has 4 unspecified atom stereocenters. The summed E-state index contributed by atoms with van der Waals surface area (Å²) >= 11 is 0. The van der Waals surface area contributed by atoms with Crippen molar-refractivity contribution in [2.75, 3.05) is 0 Å². The van der Waals surface area contributed by atoms with Gasteiger partial charge in [0, 0.05) is 11.8 Å². The number of hydrogen-bond donors (Lipinski definition) is 0. The summed E-state index contributed by atoms with van der Waals surface area (Å²) in [6.45, 7) is 3.42. The molecule has 3 fully saturated rings. The molecule has 80 valence electrons. The maximum absolute atomic E-state index is 11.9.